The Hall–Kier alpha value is -4.80. The van der Waals surface area contributed by atoms with Gasteiger partial charge in [-0.1, -0.05) is 208 Å². The Morgan fingerprint density at radius 3 is 1.00 bits per heavy atom. The van der Waals surface area contributed by atoms with Crippen LogP contribution in [0.3, 0.4) is 0 Å². The summed E-state index contributed by atoms with van der Waals surface area (Å²) >= 11 is 0. The standard InChI is InChI=1S/C47H46NPSi2/c1-35(2)40-33-43(45(36-21-9-3-10-22-36)37-23-11-4-12-24-37)47(44(34-40)46(38-25-13-5-14-26-38)39-27-15-6-16-28-39)48(51-50)49(41-29-17-7-18-30-41)42-31-19-8-20-32-42/h3-35,45-46H,51H2,1-2,50H3. The Kier molecular flexibility index (Phi) is 11.2. The number of rotatable bonds is 12. The Morgan fingerprint density at radius 1 is 0.431 bits per heavy atom. The lowest BCUT2D eigenvalue weighted by Crippen LogP contribution is -2.34. The molecule has 0 unspecified atom stereocenters. The molecule has 0 amide bonds. The van der Waals surface area contributed by atoms with E-state index in [1.165, 1.54) is 55.2 Å². The summed E-state index contributed by atoms with van der Waals surface area (Å²) in [4.78, 5) is 0. The largest absolute Gasteiger partial charge is 0.379 e. The molecule has 1 nitrogen and oxygen atoms in total. The third-order valence-corrected chi connectivity index (χ3v) is 18.2. The summed E-state index contributed by atoms with van der Waals surface area (Å²) in [7, 11) is -0.354. The summed E-state index contributed by atoms with van der Waals surface area (Å²) < 4.78 is 2.96. The quantitative estimate of drug-likeness (QED) is 0.0694. The molecule has 4 heteroatoms. The highest BCUT2D eigenvalue weighted by Gasteiger charge is 2.33. The van der Waals surface area contributed by atoms with Gasteiger partial charge in [-0.15, -0.1) is 0 Å². The number of hydrogen-bond acceptors (Lipinski definition) is 1. The van der Waals surface area contributed by atoms with Crippen LogP contribution in [0.25, 0.3) is 0 Å². The summed E-state index contributed by atoms with van der Waals surface area (Å²) in [5, 5.41) is 2.80. The molecule has 0 saturated carbocycles. The first-order chi connectivity index (χ1) is 25.1. The zero-order chi connectivity index (χ0) is 35.0. The minimum atomic E-state index is -0.843. The van der Waals surface area contributed by atoms with Crippen molar-refractivity contribution in [2.45, 2.75) is 31.6 Å². The SMILES string of the molecule is CC(C)c1cc(C(c2ccccc2)c2ccccc2)c(N([SiH2][SiH3])P(c2ccccc2)c2ccccc2)c(C(c2ccccc2)c2ccccc2)c1. The van der Waals surface area contributed by atoms with Crippen LogP contribution in [0.1, 0.15) is 70.5 Å². The summed E-state index contributed by atoms with van der Waals surface area (Å²) in [5.74, 6) is 0.503. The summed E-state index contributed by atoms with van der Waals surface area (Å²) in [6.07, 6.45) is 0. The maximum Gasteiger partial charge on any atom is 0.108 e. The first-order valence-corrected chi connectivity index (χ1v) is 25.8. The molecule has 0 saturated heterocycles. The van der Waals surface area contributed by atoms with Crippen LogP contribution in [-0.2, 0) is 0 Å². The summed E-state index contributed by atoms with van der Waals surface area (Å²) in [5.41, 5.74) is 10.9. The van der Waals surface area contributed by atoms with Crippen molar-refractivity contribution in [2.24, 2.45) is 0 Å². The fourth-order valence-electron chi connectivity index (χ4n) is 7.43. The van der Waals surface area contributed by atoms with Gasteiger partial charge in [0, 0.05) is 35.4 Å². The van der Waals surface area contributed by atoms with Gasteiger partial charge < -0.3 is 4.34 Å². The molecule has 0 heterocycles. The van der Waals surface area contributed by atoms with E-state index >= 15 is 0 Å². The van der Waals surface area contributed by atoms with Gasteiger partial charge in [-0.3, -0.25) is 0 Å². The highest BCUT2D eigenvalue weighted by molar-refractivity contribution is 7.76. The first kappa shape index (κ1) is 34.6. The van der Waals surface area contributed by atoms with Crippen molar-refractivity contribution in [1.82, 2.24) is 0 Å². The molecular formula is C47H46NPSi2. The molecule has 0 bridgehead atoms. The van der Waals surface area contributed by atoms with Gasteiger partial charge in [0.2, 0.25) is 0 Å². The first-order valence-electron chi connectivity index (χ1n) is 18.2. The Labute approximate surface area is 311 Å². The molecule has 7 aromatic rings. The van der Waals surface area contributed by atoms with Crippen molar-refractivity contribution in [1.29, 1.82) is 0 Å². The van der Waals surface area contributed by atoms with Crippen LogP contribution in [0.2, 0.25) is 0 Å². The van der Waals surface area contributed by atoms with Crippen LogP contribution in [-0.4, -0.2) is 19.0 Å². The van der Waals surface area contributed by atoms with Crippen LogP contribution in [0.5, 0.6) is 0 Å². The maximum absolute atomic E-state index is 2.96. The number of anilines is 1. The van der Waals surface area contributed by atoms with Gasteiger partial charge in [-0.2, -0.15) is 0 Å². The average molecular weight is 712 g/mol. The van der Waals surface area contributed by atoms with Crippen LogP contribution >= 0.6 is 8.07 Å². The lowest BCUT2D eigenvalue weighted by molar-refractivity contribution is 0.846. The van der Waals surface area contributed by atoms with Crippen molar-refractivity contribution < 1.29 is 0 Å². The molecule has 0 fully saturated rings. The van der Waals surface area contributed by atoms with E-state index in [0.29, 0.717) is 5.92 Å². The Morgan fingerprint density at radius 2 is 0.725 bits per heavy atom. The van der Waals surface area contributed by atoms with Gasteiger partial charge in [-0.05, 0) is 55.5 Å². The molecule has 0 radical (unpaired) electrons. The normalized spacial score (nSPS) is 11.7. The fourth-order valence-corrected chi connectivity index (χ4v) is 15.9. The average Bonchev–Trinajstić information content (AvgIpc) is 3.19. The van der Waals surface area contributed by atoms with E-state index < -0.39 is 17.3 Å². The Bertz CT molecular complexity index is 1890. The second-order valence-electron chi connectivity index (χ2n) is 13.4. The lowest BCUT2D eigenvalue weighted by Gasteiger charge is -2.40. The number of benzene rings is 7. The van der Waals surface area contributed by atoms with E-state index in [1.807, 2.05) is 0 Å². The van der Waals surface area contributed by atoms with E-state index in [1.54, 1.807) is 0 Å². The molecule has 7 rings (SSSR count). The molecule has 7 aromatic carbocycles. The Balaban J connectivity index is 1.63. The molecule has 0 atom stereocenters. The molecule has 0 aliphatic carbocycles. The number of hydrogen-bond donors (Lipinski definition) is 0. The summed E-state index contributed by atoms with van der Waals surface area (Å²) in [6, 6.07) is 72.6. The minimum absolute atomic E-state index is 0.0696. The number of nitrogens with zero attached hydrogens (tertiary/aromatic N) is 1. The van der Waals surface area contributed by atoms with E-state index in [9.17, 15) is 0 Å². The van der Waals surface area contributed by atoms with Gasteiger partial charge in [0.25, 0.3) is 0 Å². The molecule has 252 valence electrons. The van der Waals surface area contributed by atoms with Crippen molar-refractivity contribution >= 4 is 43.3 Å². The lowest BCUT2D eigenvalue weighted by atomic mass is 9.77. The molecule has 0 N–H and O–H groups in total. The van der Waals surface area contributed by atoms with E-state index in [2.05, 4.69) is 212 Å². The van der Waals surface area contributed by atoms with E-state index in [-0.39, 0.29) is 11.8 Å². The molecule has 0 aliphatic rings. The van der Waals surface area contributed by atoms with Gasteiger partial charge in [-0.25, -0.2) is 0 Å². The zero-order valence-electron chi connectivity index (χ0n) is 29.8. The molecule has 51 heavy (non-hydrogen) atoms. The topological polar surface area (TPSA) is 3.24 Å². The highest BCUT2D eigenvalue weighted by Crippen LogP contribution is 2.52. The van der Waals surface area contributed by atoms with Crippen LogP contribution in [0.15, 0.2) is 194 Å². The highest BCUT2D eigenvalue weighted by atomic mass is 31.1. The molecule has 0 aromatic heterocycles. The molecular weight excluding hydrogens is 666 g/mol. The third-order valence-electron chi connectivity index (χ3n) is 9.81. The van der Waals surface area contributed by atoms with E-state index in [0.717, 1.165) is 9.76 Å². The van der Waals surface area contributed by atoms with Crippen molar-refractivity contribution in [3.63, 3.8) is 0 Å². The van der Waals surface area contributed by atoms with E-state index in [4.69, 9.17) is 0 Å². The second-order valence-corrected chi connectivity index (χ2v) is 19.2. The predicted molar refractivity (Wildman–Crippen MR) is 228 cm³/mol. The third kappa shape index (κ3) is 7.62. The van der Waals surface area contributed by atoms with Crippen LogP contribution in [0.4, 0.5) is 5.69 Å². The van der Waals surface area contributed by atoms with Crippen molar-refractivity contribution in [3.05, 3.63) is 233 Å². The van der Waals surface area contributed by atoms with Crippen molar-refractivity contribution in [2.75, 3.05) is 4.34 Å². The van der Waals surface area contributed by atoms with Gasteiger partial charge in [0.05, 0.1) is 0 Å². The minimum Gasteiger partial charge on any atom is -0.379 e. The predicted octanol–water partition coefficient (Wildman–Crippen LogP) is 9.39. The maximum atomic E-state index is 2.96. The molecule has 0 spiro atoms. The second kappa shape index (κ2) is 16.5. The van der Waals surface area contributed by atoms with Gasteiger partial charge in [0.1, 0.15) is 9.20 Å². The van der Waals surface area contributed by atoms with Gasteiger partial charge >= 0.3 is 0 Å². The molecule has 0 aliphatic heterocycles. The summed E-state index contributed by atoms with van der Waals surface area (Å²) in [6.45, 7) is 4.70. The smallest absolute Gasteiger partial charge is 0.108 e. The monoisotopic (exact) mass is 711 g/mol. The fraction of sp³-hybridized carbons (Fsp3) is 0.106. The zero-order valence-corrected chi connectivity index (χ0v) is 34.1. The van der Waals surface area contributed by atoms with Gasteiger partial charge in [0.15, 0.2) is 0 Å². The van der Waals surface area contributed by atoms with Crippen LogP contribution in [0, 0.1) is 0 Å². The van der Waals surface area contributed by atoms with Crippen molar-refractivity contribution in [3.8, 4) is 0 Å². The van der Waals surface area contributed by atoms with Crippen LogP contribution < -0.4 is 14.9 Å².